The van der Waals surface area contributed by atoms with E-state index in [9.17, 15) is 14.7 Å². The van der Waals surface area contributed by atoms with Gasteiger partial charge in [0.25, 0.3) is 0 Å². The molecule has 0 aromatic rings. The summed E-state index contributed by atoms with van der Waals surface area (Å²) >= 11 is 0. The van der Waals surface area contributed by atoms with E-state index in [1.54, 1.807) is 0 Å². The number of methoxy groups -OCH3 is 1. The van der Waals surface area contributed by atoms with E-state index in [4.69, 9.17) is 0 Å². The number of rotatable bonds is 2. The van der Waals surface area contributed by atoms with Crippen molar-refractivity contribution in [2.75, 3.05) is 7.11 Å². The molecule has 0 aromatic carbocycles. The van der Waals surface area contributed by atoms with Gasteiger partial charge in [0.1, 0.15) is 0 Å². The molecule has 2 saturated carbocycles. The molecule has 4 heteroatoms. The molecule has 2 rings (SSSR count). The van der Waals surface area contributed by atoms with E-state index in [0.29, 0.717) is 0 Å². The molecule has 0 heterocycles. The molecule has 4 atom stereocenters. The van der Waals surface area contributed by atoms with E-state index < -0.39 is 17.8 Å². The summed E-state index contributed by atoms with van der Waals surface area (Å²) < 4.78 is 4.64. The zero-order valence-electron chi connectivity index (χ0n) is 8.06. The van der Waals surface area contributed by atoms with E-state index in [-0.39, 0.29) is 17.8 Å². The summed E-state index contributed by atoms with van der Waals surface area (Å²) in [6, 6.07) is 0. The molecule has 0 saturated heterocycles. The van der Waals surface area contributed by atoms with Crippen LogP contribution in [-0.4, -0.2) is 19.0 Å². The summed E-state index contributed by atoms with van der Waals surface area (Å²) in [6.45, 7) is 0. The van der Waals surface area contributed by atoms with Crippen LogP contribution in [0.3, 0.4) is 0 Å². The number of carbonyl (C=O) groups is 2. The standard InChI is InChI=1S/C10H14O4/c1-14-10(13)8-6-3-2-5(4-6)7(8)9(11)12/h5-8H,2-4H2,1H3,(H,11,12)/p-1/t5-,6+,7-,8-/m0/s1. The molecule has 2 bridgehead atoms. The number of aliphatic carboxylic acids is 1. The van der Waals surface area contributed by atoms with Crippen LogP contribution >= 0.6 is 0 Å². The number of hydrogen-bond donors (Lipinski definition) is 0. The number of esters is 1. The number of fused-ring (bicyclic) bond motifs is 2. The van der Waals surface area contributed by atoms with Crippen molar-refractivity contribution in [3.63, 3.8) is 0 Å². The highest BCUT2D eigenvalue weighted by molar-refractivity contribution is 5.81. The molecule has 2 aliphatic rings. The summed E-state index contributed by atoms with van der Waals surface area (Å²) in [5.74, 6) is -2.20. The second kappa shape index (κ2) is 3.26. The number of carboxylic acids is 1. The van der Waals surface area contributed by atoms with Gasteiger partial charge >= 0.3 is 5.97 Å². The van der Waals surface area contributed by atoms with E-state index in [2.05, 4.69) is 4.74 Å². The van der Waals surface area contributed by atoms with Gasteiger partial charge in [-0.05, 0) is 31.1 Å². The van der Waals surface area contributed by atoms with Gasteiger partial charge < -0.3 is 14.6 Å². The zero-order chi connectivity index (χ0) is 10.3. The highest BCUT2D eigenvalue weighted by Crippen LogP contribution is 2.52. The Bertz CT molecular complexity index is 273. The van der Waals surface area contributed by atoms with Crippen molar-refractivity contribution in [2.24, 2.45) is 23.7 Å². The Morgan fingerprint density at radius 2 is 1.79 bits per heavy atom. The smallest absolute Gasteiger partial charge is 0.309 e. The third-order valence-electron chi connectivity index (χ3n) is 3.66. The number of carboxylic acid groups (broad SMARTS) is 1. The van der Waals surface area contributed by atoms with Crippen LogP contribution in [0.5, 0.6) is 0 Å². The van der Waals surface area contributed by atoms with Gasteiger partial charge in [0.15, 0.2) is 0 Å². The SMILES string of the molecule is COC(=O)[C@H]1[C@@H]2CC[C@@H](C2)[C@@H]1C(=O)[O-]. The van der Waals surface area contributed by atoms with E-state index in [1.807, 2.05) is 0 Å². The molecule has 0 N–H and O–H groups in total. The number of ether oxygens (including phenoxy) is 1. The third-order valence-corrected chi connectivity index (χ3v) is 3.66. The molecule has 0 aromatic heterocycles. The first-order valence-corrected chi connectivity index (χ1v) is 4.94. The van der Waals surface area contributed by atoms with Gasteiger partial charge in [-0.2, -0.15) is 0 Å². The highest BCUT2D eigenvalue weighted by Gasteiger charge is 2.51. The van der Waals surface area contributed by atoms with Crippen LogP contribution in [0.4, 0.5) is 0 Å². The van der Waals surface area contributed by atoms with Crippen molar-refractivity contribution in [3.8, 4) is 0 Å². The Labute approximate surface area is 82.2 Å². The van der Waals surface area contributed by atoms with Crippen molar-refractivity contribution >= 4 is 11.9 Å². The molecule has 0 amide bonds. The van der Waals surface area contributed by atoms with Crippen molar-refractivity contribution in [2.45, 2.75) is 19.3 Å². The Morgan fingerprint density at radius 3 is 2.29 bits per heavy atom. The lowest BCUT2D eigenvalue weighted by atomic mass is 9.79. The van der Waals surface area contributed by atoms with Crippen LogP contribution in [0.15, 0.2) is 0 Å². The maximum atomic E-state index is 11.4. The molecular weight excluding hydrogens is 184 g/mol. The summed E-state index contributed by atoms with van der Waals surface area (Å²) in [5, 5.41) is 10.9. The normalized spacial score (nSPS) is 39.8. The van der Waals surface area contributed by atoms with Gasteiger partial charge in [0.05, 0.1) is 13.0 Å². The molecular formula is C10H13O4-. The summed E-state index contributed by atoms with van der Waals surface area (Å²) in [5.41, 5.74) is 0. The van der Waals surface area contributed by atoms with Gasteiger partial charge in [0.2, 0.25) is 0 Å². The van der Waals surface area contributed by atoms with Crippen LogP contribution in [0.25, 0.3) is 0 Å². The van der Waals surface area contributed by atoms with Crippen LogP contribution in [0, 0.1) is 23.7 Å². The largest absolute Gasteiger partial charge is 0.550 e. The molecule has 14 heavy (non-hydrogen) atoms. The van der Waals surface area contributed by atoms with Crippen LogP contribution < -0.4 is 5.11 Å². The Kier molecular flexibility index (Phi) is 2.21. The quantitative estimate of drug-likeness (QED) is 0.563. The maximum Gasteiger partial charge on any atom is 0.309 e. The first-order valence-electron chi connectivity index (χ1n) is 4.94. The minimum Gasteiger partial charge on any atom is -0.550 e. The number of carbonyl (C=O) groups excluding carboxylic acids is 2. The molecule has 78 valence electrons. The summed E-state index contributed by atoms with van der Waals surface area (Å²) in [4.78, 5) is 22.3. The minimum atomic E-state index is -1.09. The molecule has 0 aliphatic heterocycles. The summed E-state index contributed by atoms with van der Waals surface area (Å²) in [7, 11) is 1.31. The molecule has 0 spiro atoms. The van der Waals surface area contributed by atoms with Crippen molar-refractivity contribution in [1.29, 1.82) is 0 Å². The van der Waals surface area contributed by atoms with Gasteiger partial charge in [-0.25, -0.2) is 0 Å². The second-order valence-corrected chi connectivity index (χ2v) is 4.23. The predicted molar refractivity (Wildman–Crippen MR) is 44.8 cm³/mol. The fourth-order valence-corrected chi connectivity index (χ4v) is 3.11. The lowest BCUT2D eigenvalue weighted by molar-refractivity contribution is -0.314. The lowest BCUT2D eigenvalue weighted by Crippen LogP contribution is -2.42. The average molecular weight is 197 g/mol. The lowest BCUT2D eigenvalue weighted by Gasteiger charge is -2.29. The van der Waals surface area contributed by atoms with E-state index in [0.717, 1.165) is 19.3 Å². The van der Waals surface area contributed by atoms with Crippen LogP contribution in [0.2, 0.25) is 0 Å². The fourth-order valence-electron chi connectivity index (χ4n) is 3.11. The van der Waals surface area contributed by atoms with Gasteiger partial charge in [0, 0.05) is 11.9 Å². The Hall–Kier alpha value is -1.06. The van der Waals surface area contributed by atoms with Gasteiger partial charge in [-0.3, -0.25) is 4.79 Å². The Morgan fingerprint density at radius 1 is 1.21 bits per heavy atom. The van der Waals surface area contributed by atoms with Crippen molar-refractivity contribution < 1.29 is 19.4 Å². The second-order valence-electron chi connectivity index (χ2n) is 4.23. The molecule has 0 unspecified atom stereocenters. The maximum absolute atomic E-state index is 11.4. The minimum absolute atomic E-state index is 0.133. The van der Waals surface area contributed by atoms with Crippen molar-refractivity contribution in [1.82, 2.24) is 0 Å². The van der Waals surface area contributed by atoms with Crippen LogP contribution in [0.1, 0.15) is 19.3 Å². The topological polar surface area (TPSA) is 66.4 Å². The van der Waals surface area contributed by atoms with Gasteiger partial charge in [-0.1, -0.05) is 0 Å². The predicted octanol–water partition coefficient (Wildman–Crippen LogP) is -0.428. The molecule has 2 fully saturated rings. The number of hydrogen-bond acceptors (Lipinski definition) is 4. The first kappa shape index (κ1) is 9.49. The zero-order valence-corrected chi connectivity index (χ0v) is 8.06. The fraction of sp³-hybridized carbons (Fsp3) is 0.800. The van der Waals surface area contributed by atoms with E-state index >= 15 is 0 Å². The van der Waals surface area contributed by atoms with Crippen molar-refractivity contribution in [3.05, 3.63) is 0 Å². The monoisotopic (exact) mass is 197 g/mol. The summed E-state index contributed by atoms with van der Waals surface area (Å²) in [6.07, 6.45) is 2.71. The van der Waals surface area contributed by atoms with Gasteiger partial charge in [-0.15, -0.1) is 0 Å². The van der Waals surface area contributed by atoms with Crippen LogP contribution in [-0.2, 0) is 14.3 Å². The molecule has 0 radical (unpaired) electrons. The molecule has 4 nitrogen and oxygen atoms in total. The average Bonchev–Trinajstić information content (AvgIpc) is 2.74. The first-order chi connectivity index (χ1) is 6.65. The van der Waals surface area contributed by atoms with E-state index in [1.165, 1.54) is 7.11 Å². The molecule has 2 aliphatic carbocycles. The third kappa shape index (κ3) is 1.21. The Balaban J connectivity index is 2.21. The highest BCUT2D eigenvalue weighted by atomic mass is 16.5.